The van der Waals surface area contributed by atoms with Gasteiger partial charge in [0.1, 0.15) is 0 Å². The van der Waals surface area contributed by atoms with E-state index < -0.39 is 0 Å². The molecule has 1 atom stereocenters. The fourth-order valence-corrected chi connectivity index (χ4v) is 2.75. The minimum Gasteiger partial charge on any atom is -0.383 e. The second kappa shape index (κ2) is 5.83. The Morgan fingerprint density at radius 3 is 2.72 bits per heavy atom. The maximum atomic E-state index is 5.97. The van der Waals surface area contributed by atoms with Gasteiger partial charge in [0, 0.05) is 20.2 Å². The van der Waals surface area contributed by atoms with Crippen LogP contribution < -0.4 is 5.73 Å². The molecule has 1 aromatic rings. The van der Waals surface area contributed by atoms with Crippen molar-refractivity contribution in [1.82, 2.24) is 4.90 Å². The summed E-state index contributed by atoms with van der Waals surface area (Å²) in [6.07, 6.45) is 2.36. The summed E-state index contributed by atoms with van der Waals surface area (Å²) in [5, 5.41) is 0. The Hall–Kier alpha value is -0.900. The molecule has 1 heterocycles. The first-order valence-electron chi connectivity index (χ1n) is 6.70. The highest BCUT2D eigenvalue weighted by molar-refractivity contribution is 5.28. The van der Waals surface area contributed by atoms with Crippen molar-refractivity contribution in [2.24, 2.45) is 5.73 Å². The third-order valence-corrected chi connectivity index (χ3v) is 4.01. The third kappa shape index (κ3) is 2.74. The summed E-state index contributed by atoms with van der Waals surface area (Å²) >= 11 is 0. The van der Waals surface area contributed by atoms with Crippen LogP contribution in [0, 0.1) is 0 Å². The van der Waals surface area contributed by atoms with Crippen molar-refractivity contribution in [3.8, 4) is 0 Å². The van der Waals surface area contributed by atoms with Crippen molar-refractivity contribution < 1.29 is 4.74 Å². The van der Waals surface area contributed by atoms with Gasteiger partial charge in [-0.15, -0.1) is 0 Å². The number of ether oxygens (including phenoxy) is 1. The minimum atomic E-state index is -0.0633. The van der Waals surface area contributed by atoms with E-state index in [2.05, 4.69) is 36.1 Å². The molecule has 0 bridgehead atoms. The van der Waals surface area contributed by atoms with Gasteiger partial charge in [-0.2, -0.15) is 0 Å². The molecule has 2 N–H and O–H groups in total. The van der Waals surface area contributed by atoms with Crippen LogP contribution in [0.4, 0.5) is 0 Å². The Labute approximate surface area is 110 Å². The van der Waals surface area contributed by atoms with Gasteiger partial charge in [-0.25, -0.2) is 0 Å². The highest BCUT2D eigenvalue weighted by Gasteiger charge is 2.31. The molecular weight excluding hydrogens is 224 g/mol. The Morgan fingerprint density at radius 2 is 2.06 bits per heavy atom. The van der Waals surface area contributed by atoms with Crippen LogP contribution in [-0.4, -0.2) is 37.2 Å². The average Bonchev–Trinajstić information content (AvgIpc) is 2.61. The minimum absolute atomic E-state index is 0.0633. The smallest absolute Gasteiger partial charge is 0.0656 e. The molecule has 1 aliphatic rings. The maximum Gasteiger partial charge on any atom is 0.0656 e. The van der Waals surface area contributed by atoms with Crippen LogP contribution in [0.5, 0.6) is 0 Å². The van der Waals surface area contributed by atoms with E-state index in [1.54, 1.807) is 7.11 Å². The molecule has 3 nitrogen and oxygen atoms in total. The molecule has 0 saturated carbocycles. The van der Waals surface area contributed by atoms with Gasteiger partial charge in [-0.3, -0.25) is 4.90 Å². The van der Waals surface area contributed by atoms with Crippen LogP contribution in [-0.2, 0) is 17.7 Å². The quantitative estimate of drug-likeness (QED) is 0.883. The predicted molar refractivity (Wildman–Crippen MR) is 74.5 cm³/mol. The van der Waals surface area contributed by atoms with E-state index in [-0.39, 0.29) is 5.54 Å². The molecule has 1 aliphatic heterocycles. The van der Waals surface area contributed by atoms with Crippen molar-refractivity contribution in [3.63, 3.8) is 0 Å². The Bertz CT molecular complexity index is 394. The standard InChI is InChI=1S/C15H24N2O/c1-15(11-16,12-18-2)17-9-5-8-13-6-3-4-7-14(13)10-17/h3-4,6-7H,5,8-12,16H2,1-2H3. The summed E-state index contributed by atoms with van der Waals surface area (Å²) in [6, 6.07) is 8.73. The fraction of sp³-hybridized carbons (Fsp3) is 0.600. The van der Waals surface area contributed by atoms with Gasteiger partial charge in [0.05, 0.1) is 12.1 Å². The molecule has 0 aliphatic carbocycles. The van der Waals surface area contributed by atoms with Crippen LogP contribution in [0.25, 0.3) is 0 Å². The number of hydrogen-bond acceptors (Lipinski definition) is 3. The Kier molecular flexibility index (Phi) is 4.38. The van der Waals surface area contributed by atoms with Crippen LogP contribution in [0.1, 0.15) is 24.5 Å². The molecule has 0 saturated heterocycles. The molecule has 0 spiro atoms. The first-order chi connectivity index (χ1) is 8.69. The molecule has 3 heteroatoms. The first-order valence-corrected chi connectivity index (χ1v) is 6.70. The SMILES string of the molecule is COCC(C)(CN)N1CCCc2ccccc2C1. The largest absolute Gasteiger partial charge is 0.383 e. The second-order valence-corrected chi connectivity index (χ2v) is 5.43. The van der Waals surface area contributed by atoms with Crippen LogP contribution in [0.15, 0.2) is 24.3 Å². The zero-order chi connectivity index (χ0) is 13.0. The zero-order valence-corrected chi connectivity index (χ0v) is 11.5. The molecule has 100 valence electrons. The predicted octanol–water partition coefficient (Wildman–Crippen LogP) is 1.80. The van der Waals surface area contributed by atoms with Gasteiger partial charge in [0.25, 0.3) is 0 Å². The van der Waals surface area contributed by atoms with E-state index in [0.717, 1.165) is 13.1 Å². The van der Waals surface area contributed by atoms with E-state index in [0.29, 0.717) is 13.2 Å². The van der Waals surface area contributed by atoms with Crippen molar-refractivity contribution in [3.05, 3.63) is 35.4 Å². The Morgan fingerprint density at radius 1 is 1.33 bits per heavy atom. The number of benzene rings is 1. The molecule has 0 amide bonds. The number of aryl methyl sites for hydroxylation is 1. The molecule has 18 heavy (non-hydrogen) atoms. The van der Waals surface area contributed by atoms with Gasteiger partial charge >= 0.3 is 0 Å². The lowest BCUT2D eigenvalue weighted by molar-refractivity contribution is 0.0225. The summed E-state index contributed by atoms with van der Waals surface area (Å²) in [6.45, 7) is 5.58. The zero-order valence-electron chi connectivity index (χ0n) is 11.5. The summed E-state index contributed by atoms with van der Waals surface area (Å²) in [7, 11) is 1.75. The molecule has 1 aromatic carbocycles. The third-order valence-electron chi connectivity index (χ3n) is 4.01. The molecule has 0 radical (unpaired) electrons. The number of nitrogens with zero attached hydrogens (tertiary/aromatic N) is 1. The van der Waals surface area contributed by atoms with E-state index in [1.165, 1.54) is 24.0 Å². The van der Waals surface area contributed by atoms with Gasteiger partial charge in [-0.05, 0) is 37.4 Å². The first kappa shape index (κ1) is 13.5. The summed E-state index contributed by atoms with van der Waals surface area (Å²) < 4.78 is 5.36. The average molecular weight is 248 g/mol. The Balaban J connectivity index is 2.21. The molecule has 2 rings (SSSR count). The van der Waals surface area contributed by atoms with Crippen molar-refractivity contribution in [2.45, 2.75) is 31.8 Å². The maximum absolute atomic E-state index is 5.97. The summed E-state index contributed by atoms with van der Waals surface area (Å²) in [5.41, 5.74) is 8.83. The van der Waals surface area contributed by atoms with E-state index in [1.807, 2.05) is 0 Å². The topological polar surface area (TPSA) is 38.5 Å². The van der Waals surface area contributed by atoms with E-state index in [9.17, 15) is 0 Å². The van der Waals surface area contributed by atoms with Crippen LogP contribution in [0.2, 0.25) is 0 Å². The molecule has 0 aromatic heterocycles. The fourth-order valence-electron chi connectivity index (χ4n) is 2.75. The van der Waals surface area contributed by atoms with Crippen LogP contribution in [0.3, 0.4) is 0 Å². The summed E-state index contributed by atoms with van der Waals surface area (Å²) in [4.78, 5) is 2.47. The molecular formula is C15H24N2O. The number of hydrogen-bond donors (Lipinski definition) is 1. The number of rotatable bonds is 4. The molecule has 1 unspecified atom stereocenters. The highest BCUT2D eigenvalue weighted by Crippen LogP contribution is 2.24. The van der Waals surface area contributed by atoms with E-state index >= 15 is 0 Å². The van der Waals surface area contributed by atoms with Gasteiger partial charge < -0.3 is 10.5 Å². The number of methoxy groups -OCH3 is 1. The van der Waals surface area contributed by atoms with Crippen molar-refractivity contribution in [2.75, 3.05) is 26.8 Å². The van der Waals surface area contributed by atoms with Crippen molar-refractivity contribution in [1.29, 1.82) is 0 Å². The lowest BCUT2D eigenvalue weighted by Crippen LogP contribution is -2.54. The van der Waals surface area contributed by atoms with E-state index in [4.69, 9.17) is 10.5 Å². The number of nitrogens with two attached hydrogens (primary N) is 1. The molecule has 0 fully saturated rings. The normalized spacial score (nSPS) is 19.9. The second-order valence-electron chi connectivity index (χ2n) is 5.43. The lowest BCUT2D eigenvalue weighted by Gasteiger charge is -2.39. The van der Waals surface area contributed by atoms with Crippen LogP contribution >= 0.6 is 0 Å². The highest BCUT2D eigenvalue weighted by atomic mass is 16.5. The lowest BCUT2D eigenvalue weighted by atomic mass is 10.00. The van der Waals surface area contributed by atoms with Crippen molar-refractivity contribution >= 4 is 0 Å². The van der Waals surface area contributed by atoms with Gasteiger partial charge in [-0.1, -0.05) is 24.3 Å². The number of fused-ring (bicyclic) bond motifs is 1. The van der Waals surface area contributed by atoms with Gasteiger partial charge in [0.15, 0.2) is 0 Å². The summed E-state index contributed by atoms with van der Waals surface area (Å²) in [5.74, 6) is 0. The van der Waals surface area contributed by atoms with Gasteiger partial charge in [0.2, 0.25) is 0 Å². The monoisotopic (exact) mass is 248 g/mol.